The lowest BCUT2D eigenvalue weighted by molar-refractivity contribution is 1.23. The smallest absolute Gasteiger partial charge is 0.0907 e. The van der Waals surface area contributed by atoms with Gasteiger partial charge >= 0.3 is 0 Å². The predicted octanol–water partition coefficient (Wildman–Crippen LogP) is 1.05. The lowest BCUT2D eigenvalue weighted by Gasteiger charge is -1.69. The van der Waals surface area contributed by atoms with Crippen LogP contribution >= 0.6 is 11.3 Å². The fourth-order valence-electron chi connectivity index (χ4n) is 0.873. The molecule has 0 aliphatic heterocycles. The second kappa shape index (κ2) is 2.97. The average molecular weight is 153 g/mol. The van der Waals surface area contributed by atoms with Crippen LogP contribution in [-0.2, 0) is 0 Å². The number of aromatic nitrogens is 1. The highest BCUT2D eigenvalue weighted by atomic mass is 32.1. The van der Waals surface area contributed by atoms with Crippen LogP contribution < -0.4 is 9.88 Å². The molecular formula is C8H11NS. The van der Waals surface area contributed by atoms with Gasteiger partial charge in [-0.3, -0.25) is 0 Å². The minimum Gasteiger partial charge on any atom is -0.242 e. The monoisotopic (exact) mass is 153 g/mol. The lowest BCUT2D eigenvalue weighted by atomic mass is 10.5. The fourth-order valence-corrected chi connectivity index (χ4v) is 1.72. The van der Waals surface area contributed by atoms with E-state index in [4.69, 9.17) is 0 Å². The van der Waals surface area contributed by atoms with E-state index in [1.165, 1.54) is 4.53 Å². The third-order valence-corrected chi connectivity index (χ3v) is 2.38. The number of hydrogen-bond donors (Lipinski definition) is 0. The van der Waals surface area contributed by atoms with Crippen molar-refractivity contribution in [1.29, 1.82) is 0 Å². The highest BCUT2D eigenvalue weighted by Gasteiger charge is 1.89. The van der Waals surface area contributed by atoms with Gasteiger partial charge in [0, 0.05) is 4.53 Å². The van der Waals surface area contributed by atoms with Crippen molar-refractivity contribution < 1.29 is 0 Å². The number of thiazole rings is 1. The molecule has 1 nitrogen and oxygen atoms in total. The van der Waals surface area contributed by atoms with Crippen LogP contribution in [0.5, 0.6) is 0 Å². The molecule has 0 fully saturated rings. The van der Waals surface area contributed by atoms with E-state index in [1.54, 1.807) is 11.3 Å². The normalized spacial score (nSPS) is 14.7. The summed E-state index contributed by atoms with van der Waals surface area (Å²) >= 11 is 1.74. The Labute approximate surface area is 64.7 Å². The first-order valence-electron chi connectivity index (χ1n) is 3.34. The summed E-state index contributed by atoms with van der Waals surface area (Å²) in [5.41, 5.74) is 0. The second-order valence-electron chi connectivity index (χ2n) is 2.06. The Hall–Kier alpha value is -0.630. The molecule has 0 spiro atoms. The predicted molar refractivity (Wildman–Crippen MR) is 46.4 cm³/mol. The van der Waals surface area contributed by atoms with E-state index < -0.39 is 0 Å². The Kier molecular flexibility index (Phi) is 2.22. The van der Waals surface area contributed by atoms with E-state index in [-0.39, 0.29) is 0 Å². The first-order chi connectivity index (χ1) is 4.77. The van der Waals surface area contributed by atoms with Crippen LogP contribution in [0.4, 0.5) is 0 Å². The highest BCUT2D eigenvalue weighted by molar-refractivity contribution is 7.09. The van der Waals surface area contributed by atoms with Crippen molar-refractivity contribution in [2.45, 2.75) is 20.8 Å². The van der Waals surface area contributed by atoms with E-state index in [9.17, 15) is 0 Å². The van der Waals surface area contributed by atoms with Crippen LogP contribution in [0.2, 0.25) is 0 Å². The van der Waals surface area contributed by atoms with Gasteiger partial charge in [-0.05, 0) is 20.8 Å². The molecule has 1 heterocycles. The maximum atomic E-state index is 4.33. The zero-order valence-corrected chi connectivity index (χ0v) is 7.33. The molecule has 0 amide bonds. The van der Waals surface area contributed by atoms with Crippen LogP contribution in [0.25, 0.3) is 12.2 Å². The minimum absolute atomic E-state index is 1.12. The third kappa shape index (κ3) is 1.27. The molecule has 0 saturated carbocycles. The van der Waals surface area contributed by atoms with Crippen molar-refractivity contribution in [3.8, 4) is 0 Å². The average Bonchev–Trinajstić information content (AvgIpc) is 2.30. The molecule has 0 bridgehead atoms. The molecule has 0 atom stereocenters. The molecule has 0 aromatic carbocycles. The fraction of sp³-hybridized carbons (Fsp3) is 0.375. The van der Waals surface area contributed by atoms with Crippen LogP contribution in [0.1, 0.15) is 18.9 Å². The second-order valence-corrected chi connectivity index (χ2v) is 3.29. The molecule has 1 rings (SSSR count). The van der Waals surface area contributed by atoms with Crippen molar-refractivity contribution in [3.05, 3.63) is 14.9 Å². The molecular weight excluding hydrogens is 142 g/mol. The lowest BCUT2D eigenvalue weighted by Crippen LogP contribution is -2.19. The Morgan fingerprint density at radius 2 is 2.00 bits per heavy atom. The molecule has 0 aliphatic rings. The first kappa shape index (κ1) is 7.48. The quantitative estimate of drug-likeness (QED) is 0.543. The van der Waals surface area contributed by atoms with Gasteiger partial charge in [-0.1, -0.05) is 12.2 Å². The molecule has 10 heavy (non-hydrogen) atoms. The van der Waals surface area contributed by atoms with Crippen molar-refractivity contribution in [2.24, 2.45) is 0 Å². The summed E-state index contributed by atoms with van der Waals surface area (Å²) in [7, 11) is 0. The number of hydrogen-bond acceptors (Lipinski definition) is 2. The Balaban J connectivity index is 3.53. The van der Waals surface area contributed by atoms with E-state index in [0.717, 1.165) is 10.4 Å². The van der Waals surface area contributed by atoms with Crippen molar-refractivity contribution in [1.82, 2.24) is 4.98 Å². The van der Waals surface area contributed by atoms with Gasteiger partial charge in [0.1, 0.15) is 0 Å². The molecule has 2 heteroatoms. The summed E-state index contributed by atoms with van der Waals surface area (Å²) in [4.78, 5) is 4.33. The third-order valence-electron chi connectivity index (χ3n) is 1.32. The standard InChI is InChI=1S/C8H11NS/c1-4-7-8(5-2)10-6(3)9-7/h4-5H,1-3H3/b7-4+,8-5+. The van der Waals surface area contributed by atoms with Crippen LogP contribution in [0, 0.1) is 6.92 Å². The molecule has 0 radical (unpaired) electrons. The zero-order valence-electron chi connectivity index (χ0n) is 6.51. The van der Waals surface area contributed by atoms with Gasteiger partial charge in [-0.2, -0.15) is 0 Å². The summed E-state index contributed by atoms with van der Waals surface area (Å²) in [6.07, 6.45) is 4.14. The van der Waals surface area contributed by atoms with Crippen LogP contribution in [0.15, 0.2) is 0 Å². The molecule has 1 aromatic rings. The van der Waals surface area contributed by atoms with E-state index in [1.807, 2.05) is 26.8 Å². The summed E-state index contributed by atoms with van der Waals surface area (Å²) in [5, 5.41) is 2.26. The summed E-state index contributed by atoms with van der Waals surface area (Å²) in [5.74, 6) is 0. The molecule has 54 valence electrons. The topological polar surface area (TPSA) is 12.9 Å². The summed E-state index contributed by atoms with van der Waals surface area (Å²) in [6, 6.07) is 0. The summed E-state index contributed by atoms with van der Waals surface area (Å²) < 4.78 is 1.28. The van der Waals surface area contributed by atoms with E-state index in [2.05, 4.69) is 11.1 Å². The highest BCUT2D eigenvalue weighted by Crippen LogP contribution is 1.89. The molecule has 1 aromatic heterocycles. The van der Waals surface area contributed by atoms with Crippen molar-refractivity contribution >= 4 is 23.5 Å². The van der Waals surface area contributed by atoms with Gasteiger partial charge in [0.25, 0.3) is 0 Å². The maximum Gasteiger partial charge on any atom is 0.0907 e. The van der Waals surface area contributed by atoms with Crippen LogP contribution in [-0.4, -0.2) is 4.98 Å². The first-order valence-corrected chi connectivity index (χ1v) is 4.15. The van der Waals surface area contributed by atoms with Gasteiger partial charge in [-0.15, -0.1) is 11.3 Å². The number of rotatable bonds is 0. The Bertz CT molecular complexity index is 290. The number of nitrogens with zero attached hydrogens (tertiary/aromatic N) is 1. The van der Waals surface area contributed by atoms with Gasteiger partial charge < -0.3 is 0 Å². The molecule has 0 unspecified atom stereocenters. The Morgan fingerprint density at radius 3 is 2.40 bits per heavy atom. The SMILES string of the molecule is C/C=c1/nc(C)s/c1=C/C. The van der Waals surface area contributed by atoms with Gasteiger partial charge in [0.15, 0.2) is 0 Å². The van der Waals surface area contributed by atoms with E-state index >= 15 is 0 Å². The minimum atomic E-state index is 1.12. The zero-order chi connectivity index (χ0) is 7.56. The molecule has 0 N–H and O–H groups in total. The van der Waals surface area contributed by atoms with Crippen molar-refractivity contribution in [2.75, 3.05) is 0 Å². The number of aryl methyl sites for hydroxylation is 1. The van der Waals surface area contributed by atoms with Gasteiger partial charge in [0.05, 0.1) is 10.4 Å². The van der Waals surface area contributed by atoms with E-state index in [0.29, 0.717) is 0 Å². The molecule has 0 saturated heterocycles. The van der Waals surface area contributed by atoms with Crippen molar-refractivity contribution in [3.63, 3.8) is 0 Å². The van der Waals surface area contributed by atoms with Gasteiger partial charge in [0.2, 0.25) is 0 Å². The summed E-state index contributed by atoms with van der Waals surface area (Å²) in [6.45, 7) is 6.09. The maximum absolute atomic E-state index is 4.33. The van der Waals surface area contributed by atoms with Gasteiger partial charge in [-0.25, -0.2) is 4.98 Å². The Morgan fingerprint density at radius 1 is 1.30 bits per heavy atom. The van der Waals surface area contributed by atoms with Crippen LogP contribution in [0.3, 0.4) is 0 Å². The largest absolute Gasteiger partial charge is 0.242 e. The molecule has 0 aliphatic carbocycles.